The van der Waals surface area contributed by atoms with Crippen molar-refractivity contribution in [2.75, 3.05) is 7.11 Å². The van der Waals surface area contributed by atoms with Gasteiger partial charge in [-0.25, -0.2) is 9.97 Å². The maximum absolute atomic E-state index is 5.26. The fourth-order valence-corrected chi connectivity index (χ4v) is 4.50. The Morgan fingerprint density at radius 1 is 0.917 bits per heavy atom. The third-order valence-electron chi connectivity index (χ3n) is 3.39. The molecule has 3 aromatic rings. The topological polar surface area (TPSA) is 35.0 Å². The van der Waals surface area contributed by atoms with Crippen LogP contribution in [0.15, 0.2) is 78.2 Å². The Morgan fingerprint density at radius 3 is 2.29 bits per heavy atom. The number of methoxy groups -OCH3 is 1. The molecule has 1 aromatic heterocycles. The van der Waals surface area contributed by atoms with Crippen LogP contribution in [0.5, 0.6) is 5.75 Å². The molecule has 3 rings (SSSR count). The van der Waals surface area contributed by atoms with Gasteiger partial charge in [0.15, 0.2) is 5.16 Å². The van der Waals surface area contributed by atoms with Gasteiger partial charge in [-0.05, 0) is 29.3 Å². The molecule has 0 spiro atoms. The SMILES string of the molecule is COc1ccc(C(SCc2ccccc2)Sc2ncccn2)cc1. The molecule has 5 heteroatoms. The molecule has 24 heavy (non-hydrogen) atoms. The minimum Gasteiger partial charge on any atom is -0.497 e. The van der Waals surface area contributed by atoms with Crippen molar-refractivity contribution in [3.05, 3.63) is 84.2 Å². The lowest BCUT2D eigenvalue weighted by Gasteiger charge is -2.16. The maximum Gasteiger partial charge on any atom is 0.188 e. The lowest BCUT2D eigenvalue weighted by molar-refractivity contribution is 0.414. The zero-order valence-electron chi connectivity index (χ0n) is 13.3. The van der Waals surface area contributed by atoms with Gasteiger partial charge in [0.25, 0.3) is 0 Å². The quantitative estimate of drug-likeness (QED) is 0.331. The molecule has 0 aliphatic rings. The Kier molecular flexibility index (Phi) is 6.15. The molecule has 0 bridgehead atoms. The summed E-state index contributed by atoms with van der Waals surface area (Å²) in [6.07, 6.45) is 3.56. The summed E-state index contributed by atoms with van der Waals surface area (Å²) in [5.74, 6) is 1.81. The lowest BCUT2D eigenvalue weighted by Crippen LogP contribution is -1.94. The minimum absolute atomic E-state index is 0.221. The van der Waals surface area contributed by atoms with Gasteiger partial charge in [-0.1, -0.05) is 54.2 Å². The molecule has 1 unspecified atom stereocenters. The van der Waals surface area contributed by atoms with Crippen molar-refractivity contribution in [1.29, 1.82) is 0 Å². The van der Waals surface area contributed by atoms with Gasteiger partial charge in [0.1, 0.15) is 5.75 Å². The number of aromatic nitrogens is 2. The summed E-state index contributed by atoms with van der Waals surface area (Å²) in [5.41, 5.74) is 2.55. The average Bonchev–Trinajstić information content (AvgIpc) is 2.67. The molecular formula is C19H18N2OS2. The zero-order valence-corrected chi connectivity index (χ0v) is 15.0. The number of nitrogens with zero attached hydrogens (tertiary/aromatic N) is 2. The van der Waals surface area contributed by atoms with Gasteiger partial charge >= 0.3 is 0 Å². The van der Waals surface area contributed by atoms with Crippen LogP contribution < -0.4 is 4.74 Å². The number of ether oxygens (including phenoxy) is 1. The van der Waals surface area contributed by atoms with Crippen LogP contribution in [0.3, 0.4) is 0 Å². The van der Waals surface area contributed by atoms with E-state index in [1.165, 1.54) is 11.1 Å². The second kappa shape index (κ2) is 8.76. The van der Waals surface area contributed by atoms with Crippen LogP contribution in [0.1, 0.15) is 15.7 Å². The fraction of sp³-hybridized carbons (Fsp3) is 0.158. The Balaban J connectivity index is 1.76. The molecule has 0 aliphatic carbocycles. The van der Waals surface area contributed by atoms with Gasteiger partial charge in [0, 0.05) is 18.1 Å². The number of thioether (sulfide) groups is 2. The van der Waals surface area contributed by atoms with Gasteiger partial charge in [0.2, 0.25) is 0 Å². The summed E-state index contributed by atoms with van der Waals surface area (Å²) in [6.45, 7) is 0. The summed E-state index contributed by atoms with van der Waals surface area (Å²) in [6, 6.07) is 20.6. The van der Waals surface area contributed by atoms with E-state index in [0.717, 1.165) is 16.7 Å². The van der Waals surface area contributed by atoms with Crippen LogP contribution in [0.25, 0.3) is 0 Å². The van der Waals surface area contributed by atoms with Gasteiger partial charge in [-0.15, -0.1) is 11.8 Å². The molecule has 0 N–H and O–H groups in total. The van der Waals surface area contributed by atoms with E-state index in [9.17, 15) is 0 Å². The Bertz CT molecular complexity index is 736. The molecule has 0 fully saturated rings. The second-order valence-corrected chi connectivity index (χ2v) is 7.51. The predicted octanol–water partition coefficient (Wildman–Crippen LogP) is 5.21. The zero-order chi connectivity index (χ0) is 16.6. The first kappa shape index (κ1) is 16.9. The Morgan fingerprint density at radius 2 is 1.62 bits per heavy atom. The van der Waals surface area contributed by atoms with Crippen molar-refractivity contribution in [2.24, 2.45) is 0 Å². The van der Waals surface area contributed by atoms with Gasteiger partial charge in [-0.2, -0.15) is 0 Å². The molecule has 1 atom stereocenters. The summed E-state index contributed by atoms with van der Waals surface area (Å²) >= 11 is 3.55. The highest BCUT2D eigenvalue weighted by atomic mass is 32.2. The standard InChI is InChI=1S/C19H18N2OS2/c1-22-17-10-8-16(9-11-17)18(24-19-20-12-5-13-21-19)23-14-15-6-3-2-4-7-15/h2-13,18H,14H2,1H3. The number of rotatable bonds is 7. The normalized spacial score (nSPS) is 11.9. The molecule has 2 aromatic carbocycles. The number of hydrogen-bond acceptors (Lipinski definition) is 5. The van der Waals surface area contributed by atoms with E-state index in [2.05, 4.69) is 46.4 Å². The summed E-state index contributed by atoms with van der Waals surface area (Å²) in [5, 5.41) is 0.791. The molecule has 3 nitrogen and oxygen atoms in total. The predicted molar refractivity (Wildman–Crippen MR) is 101 cm³/mol. The smallest absolute Gasteiger partial charge is 0.188 e. The van der Waals surface area contributed by atoms with Crippen molar-refractivity contribution in [3.63, 3.8) is 0 Å². The van der Waals surface area contributed by atoms with Crippen molar-refractivity contribution in [1.82, 2.24) is 9.97 Å². The highest BCUT2D eigenvalue weighted by molar-refractivity contribution is 8.15. The summed E-state index contributed by atoms with van der Waals surface area (Å²) in [7, 11) is 1.68. The van der Waals surface area contributed by atoms with Crippen LogP contribution in [-0.4, -0.2) is 17.1 Å². The largest absolute Gasteiger partial charge is 0.497 e. The third-order valence-corrected chi connectivity index (χ3v) is 6.07. The van der Waals surface area contributed by atoms with Crippen LogP contribution in [0.2, 0.25) is 0 Å². The van der Waals surface area contributed by atoms with Crippen molar-refractivity contribution in [3.8, 4) is 5.75 Å². The summed E-state index contributed by atoms with van der Waals surface area (Å²) < 4.78 is 5.48. The highest BCUT2D eigenvalue weighted by Gasteiger charge is 2.16. The lowest BCUT2D eigenvalue weighted by atomic mass is 10.2. The van der Waals surface area contributed by atoms with Crippen LogP contribution in [-0.2, 0) is 5.75 Å². The van der Waals surface area contributed by atoms with E-state index >= 15 is 0 Å². The van der Waals surface area contributed by atoms with E-state index in [0.29, 0.717) is 0 Å². The first-order chi connectivity index (χ1) is 11.8. The Hall–Kier alpha value is -1.98. The molecule has 122 valence electrons. The molecule has 0 amide bonds. The fourth-order valence-electron chi connectivity index (χ4n) is 2.15. The van der Waals surface area contributed by atoms with Gasteiger partial charge in [0.05, 0.1) is 11.7 Å². The van der Waals surface area contributed by atoms with Crippen LogP contribution in [0, 0.1) is 0 Å². The molecular weight excluding hydrogens is 336 g/mol. The van der Waals surface area contributed by atoms with E-state index < -0.39 is 0 Å². The maximum atomic E-state index is 5.26. The molecule has 0 radical (unpaired) electrons. The van der Waals surface area contributed by atoms with Crippen molar-refractivity contribution >= 4 is 23.5 Å². The minimum atomic E-state index is 0.221. The summed E-state index contributed by atoms with van der Waals surface area (Å²) in [4.78, 5) is 8.69. The highest BCUT2D eigenvalue weighted by Crippen LogP contribution is 2.44. The molecule has 0 aliphatic heterocycles. The first-order valence-electron chi connectivity index (χ1n) is 7.58. The Labute approximate surface area is 150 Å². The first-order valence-corrected chi connectivity index (χ1v) is 9.51. The molecule has 0 saturated heterocycles. The van der Waals surface area contributed by atoms with E-state index in [1.54, 1.807) is 31.3 Å². The third kappa shape index (κ3) is 4.76. The molecule has 1 heterocycles. The van der Waals surface area contributed by atoms with E-state index in [-0.39, 0.29) is 4.58 Å². The van der Waals surface area contributed by atoms with Crippen molar-refractivity contribution < 1.29 is 4.74 Å². The van der Waals surface area contributed by atoms with Gasteiger partial charge in [-0.3, -0.25) is 0 Å². The monoisotopic (exact) mass is 354 g/mol. The van der Waals surface area contributed by atoms with Gasteiger partial charge < -0.3 is 4.74 Å². The van der Waals surface area contributed by atoms with E-state index in [1.807, 2.05) is 36.0 Å². The van der Waals surface area contributed by atoms with Crippen LogP contribution in [0.4, 0.5) is 0 Å². The molecule has 0 saturated carbocycles. The second-order valence-electron chi connectivity index (χ2n) is 5.05. The van der Waals surface area contributed by atoms with Crippen LogP contribution >= 0.6 is 23.5 Å². The van der Waals surface area contributed by atoms with Crippen molar-refractivity contribution in [2.45, 2.75) is 15.5 Å². The number of hydrogen-bond donors (Lipinski definition) is 0. The average molecular weight is 355 g/mol. The number of benzene rings is 2. The van der Waals surface area contributed by atoms with E-state index in [4.69, 9.17) is 4.74 Å².